The quantitative estimate of drug-likeness (QED) is 0.618. The Bertz CT molecular complexity index is 1030. The van der Waals surface area contributed by atoms with Gasteiger partial charge in [-0.25, -0.2) is 13.1 Å². The zero-order chi connectivity index (χ0) is 20.5. The van der Waals surface area contributed by atoms with E-state index in [1.807, 2.05) is 26.0 Å². The van der Waals surface area contributed by atoms with E-state index in [9.17, 15) is 21.6 Å². The Morgan fingerprint density at radius 3 is 2.11 bits per heavy atom. The highest BCUT2D eigenvalue weighted by molar-refractivity contribution is 7.71. The molecule has 1 aromatic heterocycles. The van der Waals surface area contributed by atoms with Crippen LogP contribution in [0.4, 0.5) is 13.2 Å². The van der Waals surface area contributed by atoms with Gasteiger partial charge in [-0.3, -0.25) is 0 Å². The molecule has 0 amide bonds. The summed E-state index contributed by atoms with van der Waals surface area (Å²) in [5.74, 6) is 0.191. The molecule has 0 spiro atoms. The maximum Gasteiger partial charge on any atom is 0.435 e. The molecule has 0 aliphatic carbocycles. The van der Waals surface area contributed by atoms with E-state index in [1.165, 1.54) is 4.68 Å². The van der Waals surface area contributed by atoms with Gasteiger partial charge in [0.15, 0.2) is 5.69 Å². The first-order valence-electron chi connectivity index (χ1n) is 8.64. The van der Waals surface area contributed by atoms with E-state index in [0.29, 0.717) is 22.7 Å². The molecule has 3 rings (SSSR count). The molecule has 148 valence electrons. The monoisotopic (exact) mass is 408 g/mol. The lowest BCUT2D eigenvalue weighted by molar-refractivity contribution is -0.141. The number of hydrogen-bond donors (Lipinski definition) is 1. The van der Waals surface area contributed by atoms with Crippen molar-refractivity contribution in [1.29, 1.82) is 0 Å². The van der Waals surface area contributed by atoms with Crippen LogP contribution in [0.5, 0.6) is 0 Å². The van der Waals surface area contributed by atoms with Crippen LogP contribution >= 0.6 is 0 Å². The van der Waals surface area contributed by atoms with E-state index in [2.05, 4.69) is 5.10 Å². The van der Waals surface area contributed by atoms with Crippen molar-refractivity contribution in [2.45, 2.75) is 31.7 Å². The molecule has 28 heavy (non-hydrogen) atoms. The largest absolute Gasteiger partial charge is 0.435 e. The van der Waals surface area contributed by atoms with Gasteiger partial charge >= 0.3 is 6.18 Å². The van der Waals surface area contributed by atoms with Crippen molar-refractivity contribution in [2.24, 2.45) is 0 Å². The molecule has 0 aliphatic heterocycles. The Morgan fingerprint density at radius 1 is 1.00 bits per heavy atom. The van der Waals surface area contributed by atoms with E-state index in [4.69, 9.17) is 0 Å². The van der Waals surface area contributed by atoms with Crippen molar-refractivity contribution in [2.75, 3.05) is 0 Å². The molecular weight excluding hydrogens is 389 g/mol. The molecule has 0 radical (unpaired) electrons. The van der Waals surface area contributed by atoms with Gasteiger partial charge in [-0.1, -0.05) is 50.2 Å². The lowest BCUT2D eigenvalue weighted by Crippen LogP contribution is -2.07. The topological polar surface area (TPSA) is 52.0 Å². The van der Waals surface area contributed by atoms with Gasteiger partial charge in [-0.05, 0) is 35.2 Å². The Balaban J connectivity index is 2.08. The number of benzene rings is 2. The number of aromatic nitrogens is 2. The molecule has 1 heterocycles. The Kier molecular flexibility index (Phi) is 5.60. The van der Waals surface area contributed by atoms with Gasteiger partial charge in [0.1, 0.15) is 10.7 Å². The summed E-state index contributed by atoms with van der Waals surface area (Å²) in [6.07, 6.45) is -4.57. The third-order valence-corrected chi connectivity index (χ3v) is 4.99. The van der Waals surface area contributed by atoms with Crippen LogP contribution in [0.1, 0.15) is 36.6 Å². The van der Waals surface area contributed by atoms with Crippen molar-refractivity contribution in [1.82, 2.24) is 9.78 Å². The summed E-state index contributed by atoms with van der Waals surface area (Å²) in [6, 6.07) is 14.6. The highest BCUT2D eigenvalue weighted by Gasteiger charge is 2.35. The fourth-order valence-electron chi connectivity index (χ4n) is 2.85. The molecule has 4 nitrogen and oxygen atoms in total. The lowest BCUT2D eigenvalue weighted by atomic mass is 10.0. The summed E-state index contributed by atoms with van der Waals surface area (Å²) in [5.41, 5.74) is 1.97. The number of hydrogen-bond acceptors (Lipinski definition) is 3. The molecular formula is C20H19F3N2O2S. The highest BCUT2D eigenvalue weighted by Crippen LogP contribution is 2.33. The highest BCUT2D eigenvalue weighted by atomic mass is 32.2. The van der Waals surface area contributed by atoms with E-state index in [1.54, 1.807) is 36.4 Å². The third-order valence-electron chi connectivity index (χ3n) is 4.37. The van der Waals surface area contributed by atoms with Gasteiger partial charge in [0.05, 0.1) is 17.1 Å². The second kappa shape index (κ2) is 7.79. The number of rotatable bonds is 5. The summed E-state index contributed by atoms with van der Waals surface area (Å²) in [6.45, 7) is 4.07. The van der Waals surface area contributed by atoms with Gasteiger partial charge < -0.3 is 0 Å². The molecule has 0 N–H and O–H groups in total. The number of alkyl halides is 3. The molecule has 0 aliphatic rings. The third kappa shape index (κ3) is 4.44. The van der Waals surface area contributed by atoms with Gasteiger partial charge in [0.25, 0.3) is 0 Å². The maximum absolute atomic E-state index is 13.2. The van der Waals surface area contributed by atoms with Crippen LogP contribution in [-0.2, 0) is 22.6 Å². The van der Waals surface area contributed by atoms with Crippen molar-refractivity contribution < 1.29 is 21.6 Å². The normalized spacial score (nSPS) is 12.1. The Hall–Kier alpha value is -2.61. The molecule has 0 fully saturated rings. The lowest BCUT2D eigenvalue weighted by Gasteiger charge is -2.10. The minimum absolute atomic E-state index is 0.112. The van der Waals surface area contributed by atoms with Crippen LogP contribution in [0.2, 0.25) is 0 Å². The average molecular weight is 408 g/mol. The number of nitrogens with zero attached hydrogens (tertiary/aromatic N) is 2. The minimum atomic E-state index is -4.57. The molecule has 0 unspecified atom stereocenters. The minimum Gasteiger partial charge on any atom is -0.233 e. The summed E-state index contributed by atoms with van der Waals surface area (Å²) >= 11 is 0. The SMILES string of the molecule is CC(C)c1ccc(-n2nc(C(F)(F)F)cc2-c2ccc(C[SH](=O)=O)cc2)cc1. The van der Waals surface area contributed by atoms with Crippen molar-refractivity contribution in [3.05, 3.63) is 71.4 Å². The van der Waals surface area contributed by atoms with Gasteiger partial charge in [0, 0.05) is 5.56 Å². The fourth-order valence-corrected chi connectivity index (χ4v) is 3.36. The number of thiol groups is 1. The van der Waals surface area contributed by atoms with Crippen molar-refractivity contribution >= 4 is 10.7 Å². The van der Waals surface area contributed by atoms with Crippen LogP contribution in [0.3, 0.4) is 0 Å². The fraction of sp³-hybridized carbons (Fsp3) is 0.250. The molecule has 0 bridgehead atoms. The van der Waals surface area contributed by atoms with E-state index in [0.717, 1.165) is 11.6 Å². The molecule has 0 atom stereocenters. The number of halogens is 3. The van der Waals surface area contributed by atoms with Crippen LogP contribution in [0.15, 0.2) is 54.6 Å². The Morgan fingerprint density at radius 2 is 1.61 bits per heavy atom. The molecule has 8 heteroatoms. The molecule has 2 aromatic carbocycles. The molecule has 3 aromatic rings. The summed E-state index contributed by atoms with van der Waals surface area (Å²) in [7, 11) is -2.57. The van der Waals surface area contributed by atoms with Crippen LogP contribution in [0, 0.1) is 0 Å². The predicted octanol–water partition coefficient (Wildman–Crippen LogP) is 4.79. The maximum atomic E-state index is 13.2. The molecule has 0 saturated carbocycles. The predicted molar refractivity (Wildman–Crippen MR) is 102 cm³/mol. The Labute approximate surface area is 162 Å². The summed E-state index contributed by atoms with van der Waals surface area (Å²) in [5, 5.41) is 3.77. The van der Waals surface area contributed by atoms with Crippen LogP contribution in [-0.4, -0.2) is 18.2 Å². The van der Waals surface area contributed by atoms with E-state index >= 15 is 0 Å². The van der Waals surface area contributed by atoms with Crippen molar-refractivity contribution in [3.63, 3.8) is 0 Å². The second-order valence-electron chi connectivity index (χ2n) is 6.76. The van der Waals surface area contributed by atoms with Gasteiger partial charge in [-0.2, -0.15) is 18.3 Å². The summed E-state index contributed by atoms with van der Waals surface area (Å²) < 4.78 is 62.7. The average Bonchev–Trinajstić information content (AvgIpc) is 3.07. The zero-order valence-corrected chi connectivity index (χ0v) is 16.2. The van der Waals surface area contributed by atoms with E-state index in [-0.39, 0.29) is 11.4 Å². The first kappa shape index (κ1) is 20.1. The molecule has 0 saturated heterocycles. The first-order chi connectivity index (χ1) is 13.1. The smallest absolute Gasteiger partial charge is 0.233 e. The summed E-state index contributed by atoms with van der Waals surface area (Å²) in [4.78, 5) is 0. The van der Waals surface area contributed by atoms with Gasteiger partial charge in [0.2, 0.25) is 0 Å². The standard InChI is InChI=1S/C20H19F3N2O2S/c1-13(2)15-7-9-17(10-8-15)25-18(11-19(24-25)20(21,22)23)16-5-3-14(4-6-16)12-28(26)27/h3-11,13,28H,12H2,1-2H3. The second-order valence-corrected chi connectivity index (χ2v) is 7.74. The van der Waals surface area contributed by atoms with Gasteiger partial charge in [-0.15, -0.1) is 0 Å². The first-order valence-corrected chi connectivity index (χ1v) is 10.00. The van der Waals surface area contributed by atoms with E-state index < -0.39 is 22.6 Å². The van der Waals surface area contributed by atoms with Crippen molar-refractivity contribution in [3.8, 4) is 16.9 Å². The zero-order valence-electron chi connectivity index (χ0n) is 15.3. The van der Waals surface area contributed by atoms with Crippen LogP contribution in [0.25, 0.3) is 16.9 Å². The van der Waals surface area contributed by atoms with Crippen LogP contribution < -0.4 is 0 Å².